The summed E-state index contributed by atoms with van der Waals surface area (Å²) in [4.78, 5) is 27.5. The third-order valence-corrected chi connectivity index (χ3v) is 7.52. The summed E-state index contributed by atoms with van der Waals surface area (Å²) < 4.78 is 31.3. The summed E-state index contributed by atoms with van der Waals surface area (Å²) in [5, 5.41) is 6.24. The van der Waals surface area contributed by atoms with E-state index < -0.39 is 17.6 Å². The fourth-order valence-electron chi connectivity index (χ4n) is 5.58. The van der Waals surface area contributed by atoms with E-state index in [4.69, 9.17) is 14.2 Å². The summed E-state index contributed by atoms with van der Waals surface area (Å²) in [5.74, 6) is -0.149. The molecule has 1 amide bonds. The number of anilines is 1. The van der Waals surface area contributed by atoms with E-state index in [1.807, 2.05) is 18.2 Å². The lowest BCUT2D eigenvalue weighted by Gasteiger charge is -2.37. The van der Waals surface area contributed by atoms with Gasteiger partial charge in [0, 0.05) is 46.1 Å². The molecule has 1 aliphatic carbocycles. The highest BCUT2D eigenvalue weighted by Gasteiger charge is 2.42. The van der Waals surface area contributed by atoms with Crippen molar-refractivity contribution in [3.8, 4) is 17.2 Å². The molecule has 5 rings (SSSR count). The molecule has 0 saturated heterocycles. The van der Waals surface area contributed by atoms with E-state index in [1.54, 1.807) is 70.7 Å². The maximum absolute atomic E-state index is 15.3. The zero-order chi connectivity index (χ0) is 28.4. The Morgan fingerprint density at radius 3 is 2.33 bits per heavy atom. The molecule has 0 spiro atoms. The number of ketones is 1. The quantitative estimate of drug-likeness (QED) is 0.390. The predicted octanol–water partition coefficient (Wildman–Crippen LogP) is 5.85. The average Bonchev–Trinajstić information content (AvgIpc) is 2.96. The lowest BCUT2D eigenvalue weighted by Crippen LogP contribution is -2.37. The van der Waals surface area contributed by atoms with Gasteiger partial charge in [-0.15, -0.1) is 0 Å². The van der Waals surface area contributed by atoms with E-state index in [2.05, 4.69) is 10.6 Å². The molecule has 1 aliphatic heterocycles. The number of carbonyl (C=O) groups excluding carboxylic acids is 2. The van der Waals surface area contributed by atoms with Gasteiger partial charge in [-0.25, -0.2) is 4.39 Å². The minimum Gasteiger partial charge on any atom is -0.497 e. The van der Waals surface area contributed by atoms with Crippen LogP contribution < -0.4 is 24.8 Å². The molecule has 0 bridgehead atoms. The van der Waals surface area contributed by atoms with Gasteiger partial charge in [-0.05, 0) is 67.3 Å². The van der Waals surface area contributed by atoms with Crippen molar-refractivity contribution in [2.24, 2.45) is 0 Å². The Morgan fingerprint density at radius 2 is 1.65 bits per heavy atom. The van der Waals surface area contributed by atoms with E-state index in [1.165, 1.54) is 6.07 Å². The number of nitrogens with one attached hydrogen (secondary N) is 2. The molecule has 0 unspecified atom stereocenters. The molecule has 0 fully saturated rings. The van der Waals surface area contributed by atoms with Crippen LogP contribution in [0.3, 0.4) is 0 Å². The number of methoxy groups -OCH3 is 3. The molecule has 2 N–H and O–H groups in total. The van der Waals surface area contributed by atoms with E-state index >= 15 is 4.39 Å². The monoisotopic (exact) mass is 542 g/mol. The Kier molecular flexibility index (Phi) is 7.60. The SMILES string of the molecule is COc1ccc(NC(=O)C2=C(C)NC3=C(C(=O)C[C@@H](c4ccc(OC)c(OC)c4)C3)[C@H]2c2ccccc2F)cc1. The third kappa shape index (κ3) is 5.04. The molecular formula is C32H31FN2O5. The summed E-state index contributed by atoms with van der Waals surface area (Å²) in [7, 11) is 4.71. The van der Waals surface area contributed by atoms with Gasteiger partial charge in [-0.2, -0.15) is 0 Å². The van der Waals surface area contributed by atoms with Crippen LogP contribution in [0.15, 0.2) is 89.3 Å². The van der Waals surface area contributed by atoms with Crippen LogP contribution in [0.5, 0.6) is 17.2 Å². The fraction of sp³-hybridized carbons (Fsp3) is 0.250. The van der Waals surface area contributed by atoms with Crippen LogP contribution in [0.1, 0.15) is 42.7 Å². The van der Waals surface area contributed by atoms with Gasteiger partial charge >= 0.3 is 0 Å². The van der Waals surface area contributed by atoms with Crippen molar-refractivity contribution < 1.29 is 28.2 Å². The van der Waals surface area contributed by atoms with Crippen molar-refractivity contribution in [1.29, 1.82) is 0 Å². The van der Waals surface area contributed by atoms with Crippen molar-refractivity contribution in [3.05, 3.63) is 106 Å². The molecule has 1 heterocycles. The Bertz CT molecular complexity index is 1530. The van der Waals surface area contributed by atoms with Crippen molar-refractivity contribution in [2.75, 3.05) is 26.6 Å². The van der Waals surface area contributed by atoms with Gasteiger partial charge in [-0.3, -0.25) is 9.59 Å². The van der Waals surface area contributed by atoms with Gasteiger partial charge in [-0.1, -0.05) is 24.3 Å². The van der Waals surface area contributed by atoms with Crippen LogP contribution in [0.25, 0.3) is 0 Å². The number of hydrogen-bond acceptors (Lipinski definition) is 6. The van der Waals surface area contributed by atoms with Gasteiger partial charge in [0.25, 0.3) is 5.91 Å². The van der Waals surface area contributed by atoms with Crippen LogP contribution in [0.4, 0.5) is 10.1 Å². The maximum atomic E-state index is 15.3. The molecule has 40 heavy (non-hydrogen) atoms. The van der Waals surface area contributed by atoms with Crippen molar-refractivity contribution in [3.63, 3.8) is 0 Å². The van der Waals surface area contributed by atoms with Crippen LogP contribution in [0, 0.1) is 5.82 Å². The molecule has 2 atom stereocenters. The van der Waals surface area contributed by atoms with Crippen LogP contribution in [-0.2, 0) is 9.59 Å². The lowest BCUT2D eigenvalue weighted by molar-refractivity contribution is -0.116. The molecular weight excluding hydrogens is 511 g/mol. The van der Waals surface area contributed by atoms with E-state index in [0.29, 0.717) is 51.9 Å². The Labute approximate surface area is 232 Å². The predicted molar refractivity (Wildman–Crippen MR) is 150 cm³/mol. The minimum absolute atomic E-state index is 0.123. The second-order valence-corrected chi connectivity index (χ2v) is 9.84. The minimum atomic E-state index is -0.852. The fourth-order valence-corrected chi connectivity index (χ4v) is 5.58. The highest BCUT2D eigenvalue weighted by Crippen LogP contribution is 2.47. The topological polar surface area (TPSA) is 85.9 Å². The Balaban J connectivity index is 1.53. The number of hydrogen-bond donors (Lipinski definition) is 2. The second-order valence-electron chi connectivity index (χ2n) is 9.84. The zero-order valence-corrected chi connectivity index (χ0v) is 22.8. The molecule has 3 aromatic rings. The lowest BCUT2D eigenvalue weighted by atomic mass is 9.71. The number of allylic oxidation sites excluding steroid dienone is 3. The number of dihydropyridines is 1. The summed E-state index contributed by atoms with van der Waals surface area (Å²) >= 11 is 0. The summed E-state index contributed by atoms with van der Waals surface area (Å²) in [6.07, 6.45) is 0.736. The van der Waals surface area contributed by atoms with Gasteiger partial charge in [0.1, 0.15) is 11.6 Å². The number of ether oxygens (including phenoxy) is 3. The standard InChI is InChI=1S/C32H31FN2O5/c1-18-29(32(37)35-21-10-12-22(38-2)13-11-21)30(23-7-5-6-8-24(23)33)31-25(34-18)15-20(16-26(31)36)19-9-14-27(39-3)28(17-19)40-4/h5-14,17,20,30,34H,15-16H2,1-4H3,(H,35,37)/t20-,30-/m0/s1. The largest absolute Gasteiger partial charge is 0.497 e. The second kappa shape index (κ2) is 11.3. The van der Waals surface area contributed by atoms with Crippen LogP contribution in [-0.4, -0.2) is 33.0 Å². The molecule has 0 saturated carbocycles. The number of halogens is 1. The van der Waals surface area contributed by atoms with Gasteiger partial charge < -0.3 is 24.8 Å². The first-order valence-corrected chi connectivity index (χ1v) is 13.0. The molecule has 3 aromatic carbocycles. The highest BCUT2D eigenvalue weighted by molar-refractivity contribution is 6.10. The molecule has 8 heteroatoms. The number of benzene rings is 3. The Hall–Kier alpha value is -4.59. The maximum Gasteiger partial charge on any atom is 0.254 e. The molecule has 7 nitrogen and oxygen atoms in total. The number of amides is 1. The van der Waals surface area contributed by atoms with Crippen molar-refractivity contribution in [2.45, 2.75) is 31.6 Å². The van der Waals surface area contributed by atoms with Crippen LogP contribution >= 0.6 is 0 Å². The van der Waals surface area contributed by atoms with Gasteiger partial charge in [0.05, 0.1) is 21.3 Å². The van der Waals surface area contributed by atoms with E-state index in [-0.39, 0.29) is 23.7 Å². The summed E-state index contributed by atoms with van der Waals surface area (Å²) in [5.41, 5.74) is 3.77. The Morgan fingerprint density at radius 1 is 0.925 bits per heavy atom. The highest BCUT2D eigenvalue weighted by atomic mass is 19.1. The first kappa shape index (κ1) is 27.0. The van der Waals surface area contributed by atoms with Gasteiger partial charge in [0.15, 0.2) is 17.3 Å². The number of carbonyl (C=O) groups is 2. The van der Waals surface area contributed by atoms with E-state index in [0.717, 1.165) is 5.56 Å². The molecule has 0 aromatic heterocycles. The first-order valence-electron chi connectivity index (χ1n) is 13.0. The van der Waals surface area contributed by atoms with E-state index in [9.17, 15) is 9.59 Å². The zero-order valence-electron chi connectivity index (χ0n) is 22.8. The first-order chi connectivity index (χ1) is 19.3. The van der Waals surface area contributed by atoms with Crippen molar-refractivity contribution in [1.82, 2.24) is 5.32 Å². The molecule has 206 valence electrons. The smallest absolute Gasteiger partial charge is 0.254 e. The third-order valence-electron chi connectivity index (χ3n) is 7.52. The number of Topliss-reactive ketones (excluding diaryl/α,β-unsaturated/α-hetero) is 1. The summed E-state index contributed by atoms with van der Waals surface area (Å²) in [6, 6.07) is 18.9. The average molecular weight is 543 g/mol. The molecule has 2 aliphatic rings. The number of rotatable bonds is 7. The summed E-state index contributed by atoms with van der Waals surface area (Å²) in [6.45, 7) is 1.78. The van der Waals surface area contributed by atoms with Gasteiger partial charge in [0.2, 0.25) is 0 Å². The molecule has 0 radical (unpaired) electrons. The van der Waals surface area contributed by atoms with Crippen LogP contribution in [0.2, 0.25) is 0 Å². The normalized spacial score (nSPS) is 18.6. The van der Waals surface area contributed by atoms with Crippen molar-refractivity contribution >= 4 is 17.4 Å².